The second kappa shape index (κ2) is 9.23. The lowest BCUT2D eigenvalue weighted by atomic mass is 10.0. The highest BCUT2D eigenvalue weighted by atomic mass is 32.2. The molecule has 9 heteroatoms. The van der Waals surface area contributed by atoms with Crippen molar-refractivity contribution in [3.63, 3.8) is 0 Å². The Hall–Kier alpha value is -2.65. The summed E-state index contributed by atoms with van der Waals surface area (Å²) in [4.78, 5) is 22.2. The smallest absolute Gasteiger partial charge is 0.261 e. The number of sulfonamides is 1. The number of hydrogen-bond acceptors (Lipinski definition) is 6. The van der Waals surface area contributed by atoms with Gasteiger partial charge in [-0.3, -0.25) is 9.52 Å². The number of nitrogens with one attached hydrogen (secondary N) is 2. The third-order valence-corrected chi connectivity index (χ3v) is 7.28. The summed E-state index contributed by atoms with van der Waals surface area (Å²) in [7, 11) is -3.77. The highest BCUT2D eigenvalue weighted by molar-refractivity contribution is 7.92. The standard InChI is InChI=1S/C22H29N5O3S/c1-17-7-5-6-12-27(17)22(28)20-15-18(16-24-21(20)26-13-10-23-11-14-26)25-31(29,30)19-8-3-2-4-9-19/h2-4,8-9,15-17,23,25H,5-7,10-14H2,1H3. The maximum atomic E-state index is 13.5. The Morgan fingerprint density at radius 2 is 1.87 bits per heavy atom. The number of carbonyl (C=O) groups is 1. The summed E-state index contributed by atoms with van der Waals surface area (Å²) in [5, 5.41) is 3.31. The average Bonchev–Trinajstić information content (AvgIpc) is 2.80. The lowest BCUT2D eigenvalue weighted by Gasteiger charge is -2.35. The zero-order valence-corrected chi connectivity index (χ0v) is 18.6. The van der Waals surface area contributed by atoms with Crippen LogP contribution in [-0.4, -0.2) is 63.0 Å². The second-order valence-corrected chi connectivity index (χ2v) is 9.78. The fraction of sp³-hybridized carbons (Fsp3) is 0.455. The molecule has 0 radical (unpaired) electrons. The summed E-state index contributed by atoms with van der Waals surface area (Å²) in [6.07, 6.45) is 4.56. The molecule has 2 saturated heterocycles. The van der Waals surface area contributed by atoms with Crippen molar-refractivity contribution in [3.05, 3.63) is 48.2 Å². The first-order valence-corrected chi connectivity index (χ1v) is 12.3. The number of benzene rings is 1. The molecule has 0 aliphatic carbocycles. The molecule has 1 amide bonds. The van der Waals surface area contributed by atoms with E-state index in [1.54, 1.807) is 24.3 Å². The summed E-state index contributed by atoms with van der Waals surface area (Å²) in [5.41, 5.74) is 0.736. The van der Waals surface area contributed by atoms with Gasteiger partial charge in [-0.15, -0.1) is 0 Å². The van der Waals surface area contributed by atoms with Gasteiger partial charge in [-0.2, -0.15) is 0 Å². The zero-order chi connectivity index (χ0) is 21.8. The molecule has 2 aromatic rings. The summed E-state index contributed by atoms with van der Waals surface area (Å²) in [6.45, 7) is 5.91. The summed E-state index contributed by atoms with van der Waals surface area (Å²) in [6, 6.07) is 9.97. The Morgan fingerprint density at radius 1 is 1.13 bits per heavy atom. The van der Waals surface area contributed by atoms with Crippen LogP contribution < -0.4 is 14.9 Å². The van der Waals surface area contributed by atoms with Crippen molar-refractivity contribution in [3.8, 4) is 0 Å². The first-order valence-electron chi connectivity index (χ1n) is 10.8. The fourth-order valence-electron chi connectivity index (χ4n) is 4.17. The first kappa shape index (κ1) is 21.6. The summed E-state index contributed by atoms with van der Waals surface area (Å²) >= 11 is 0. The molecule has 166 valence electrons. The third kappa shape index (κ3) is 4.83. The van der Waals surface area contributed by atoms with Gasteiger partial charge < -0.3 is 15.1 Å². The number of aromatic nitrogens is 1. The molecule has 0 saturated carbocycles. The van der Waals surface area contributed by atoms with Crippen LogP contribution in [0.2, 0.25) is 0 Å². The SMILES string of the molecule is CC1CCCCN1C(=O)c1cc(NS(=O)(=O)c2ccccc2)cnc1N1CCNCC1. The van der Waals surface area contributed by atoms with E-state index in [0.717, 1.165) is 45.4 Å². The van der Waals surface area contributed by atoms with Gasteiger partial charge in [-0.1, -0.05) is 18.2 Å². The Balaban J connectivity index is 1.68. The number of rotatable bonds is 5. The van der Waals surface area contributed by atoms with Crippen molar-refractivity contribution in [2.24, 2.45) is 0 Å². The monoisotopic (exact) mass is 443 g/mol. The minimum absolute atomic E-state index is 0.0889. The van der Waals surface area contributed by atoms with Crippen LogP contribution in [0.4, 0.5) is 11.5 Å². The topological polar surface area (TPSA) is 94.6 Å². The molecule has 1 aromatic heterocycles. The van der Waals surface area contributed by atoms with E-state index in [2.05, 4.69) is 26.8 Å². The number of carbonyl (C=O) groups excluding carboxylic acids is 1. The number of piperidine rings is 1. The minimum Gasteiger partial charge on any atom is -0.353 e. The zero-order valence-electron chi connectivity index (χ0n) is 17.8. The largest absolute Gasteiger partial charge is 0.353 e. The number of nitrogens with zero attached hydrogens (tertiary/aromatic N) is 3. The van der Waals surface area contributed by atoms with E-state index in [1.165, 1.54) is 18.3 Å². The predicted molar refractivity (Wildman–Crippen MR) is 121 cm³/mol. The van der Waals surface area contributed by atoms with Crippen molar-refractivity contribution in [2.75, 3.05) is 42.3 Å². The van der Waals surface area contributed by atoms with Crippen molar-refractivity contribution >= 4 is 27.4 Å². The molecule has 2 fully saturated rings. The van der Waals surface area contributed by atoms with Crippen LogP contribution in [0.1, 0.15) is 36.5 Å². The molecule has 2 aliphatic heterocycles. The van der Waals surface area contributed by atoms with Gasteiger partial charge in [-0.25, -0.2) is 13.4 Å². The summed E-state index contributed by atoms with van der Waals surface area (Å²) in [5.74, 6) is 0.529. The quantitative estimate of drug-likeness (QED) is 0.737. The van der Waals surface area contributed by atoms with E-state index in [0.29, 0.717) is 17.9 Å². The molecule has 1 unspecified atom stereocenters. The van der Waals surface area contributed by atoms with Crippen LogP contribution in [-0.2, 0) is 10.0 Å². The molecular formula is C22H29N5O3S. The molecule has 31 heavy (non-hydrogen) atoms. The minimum atomic E-state index is -3.77. The molecule has 3 heterocycles. The molecule has 0 bridgehead atoms. The Morgan fingerprint density at radius 3 is 2.58 bits per heavy atom. The molecular weight excluding hydrogens is 414 g/mol. The number of hydrogen-bond donors (Lipinski definition) is 2. The predicted octanol–water partition coefficient (Wildman–Crippen LogP) is 2.31. The lowest BCUT2D eigenvalue weighted by molar-refractivity contribution is 0.0636. The number of pyridine rings is 1. The van der Waals surface area contributed by atoms with Gasteiger partial charge in [0.1, 0.15) is 5.82 Å². The fourth-order valence-corrected chi connectivity index (χ4v) is 5.22. The van der Waals surface area contributed by atoms with Gasteiger partial charge in [-0.05, 0) is 44.4 Å². The van der Waals surface area contributed by atoms with E-state index in [1.807, 2.05) is 4.90 Å². The van der Waals surface area contributed by atoms with Crippen LogP contribution in [0.15, 0.2) is 47.5 Å². The van der Waals surface area contributed by atoms with Crippen molar-refractivity contribution in [1.29, 1.82) is 0 Å². The van der Waals surface area contributed by atoms with Gasteiger partial charge in [0, 0.05) is 38.8 Å². The maximum absolute atomic E-state index is 13.5. The van der Waals surface area contributed by atoms with E-state index in [-0.39, 0.29) is 22.5 Å². The number of amides is 1. The molecule has 4 rings (SSSR count). The van der Waals surface area contributed by atoms with E-state index >= 15 is 0 Å². The molecule has 1 aromatic carbocycles. The maximum Gasteiger partial charge on any atom is 0.261 e. The third-order valence-electron chi connectivity index (χ3n) is 5.88. The second-order valence-electron chi connectivity index (χ2n) is 8.09. The van der Waals surface area contributed by atoms with Crippen LogP contribution >= 0.6 is 0 Å². The van der Waals surface area contributed by atoms with Gasteiger partial charge in [0.15, 0.2) is 0 Å². The number of piperazine rings is 1. The van der Waals surface area contributed by atoms with Crippen molar-refractivity contribution < 1.29 is 13.2 Å². The van der Waals surface area contributed by atoms with Crippen LogP contribution in [0.3, 0.4) is 0 Å². The van der Waals surface area contributed by atoms with E-state index in [9.17, 15) is 13.2 Å². The van der Waals surface area contributed by atoms with Gasteiger partial charge in [0.05, 0.1) is 22.3 Å². The van der Waals surface area contributed by atoms with Crippen LogP contribution in [0.25, 0.3) is 0 Å². The molecule has 1 atom stereocenters. The highest BCUT2D eigenvalue weighted by Crippen LogP contribution is 2.27. The summed E-state index contributed by atoms with van der Waals surface area (Å²) < 4.78 is 28.1. The molecule has 8 nitrogen and oxygen atoms in total. The van der Waals surface area contributed by atoms with Crippen molar-refractivity contribution in [1.82, 2.24) is 15.2 Å². The Kier molecular flexibility index (Phi) is 6.43. The van der Waals surface area contributed by atoms with Gasteiger partial charge >= 0.3 is 0 Å². The molecule has 2 N–H and O–H groups in total. The van der Waals surface area contributed by atoms with Crippen LogP contribution in [0, 0.1) is 0 Å². The highest BCUT2D eigenvalue weighted by Gasteiger charge is 2.29. The Bertz CT molecular complexity index is 1020. The van der Waals surface area contributed by atoms with Crippen LogP contribution in [0.5, 0.6) is 0 Å². The normalized spacial score (nSPS) is 19.8. The van der Waals surface area contributed by atoms with E-state index < -0.39 is 10.0 Å². The molecule has 0 spiro atoms. The van der Waals surface area contributed by atoms with E-state index in [4.69, 9.17) is 0 Å². The van der Waals surface area contributed by atoms with Gasteiger partial charge in [0.2, 0.25) is 0 Å². The first-order chi connectivity index (χ1) is 15.0. The lowest BCUT2D eigenvalue weighted by Crippen LogP contribution is -2.46. The number of anilines is 2. The number of likely N-dealkylation sites (tertiary alicyclic amines) is 1. The Labute approximate surface area is 183 Å². The average molecular weight is 444 g/mol. The molecule has 2 aliphatic rings. The van der Waals surface area contributed by atoms with Crippen molar-refractivity contribution in [2.45, 2.75) is 37.1 Å². The van der Waals surface area contributed by atoms with Gasteiger partial charge in [0.25, 0.3) is 15.9 Å².